The van der Waals surface area contributed by atoms with Gasteiger partial charge in [-0.25, -0.2) is 4.79 Å². The molecule has 1 atom stereocenters. The number of para-hydroxylation sites is 1. The molecule has 1 aliphatic rings. The van der Waals surface area contributed by atoms with Crippen LogP contribution in [-0.2, 0) is 0 Å². The Balaban J connectivity index is 2.34. The first-order valence-corrected chi connectivity index (χ1v) is 6.52. The van der Waals surface area contributed by atoms with E-state index in [1.807, 2.05) is 23.9 Å². The highest BCUT2D eigenvalue weighted by Crippen LogP contribution is 2.27. The van der Waals surface area contributed by atoms with E-state index in [-0.39, 0.29) is 0 Å². The average Bonchev–Trinajstić information content (AvgIpc) is 2.29. The minimum Gasteiger partial charge on any atom is -0.478 e. The van der Waals surface area contributed by atoms with E-state index >= 15 is 0 Å². The average molecular weight is 237 g/mol. The van der Waals surface area contributed by atoms with E-state index in [0.29, 0.717) is 11.6 Å². The summed E-state index contributed by atoms with van der Waals surface area (Å²) in [6, 6.07) is 7.65. The first kappa shape index (κ1) is 11.3. The second-order valence-corrected chi connectivity index (χ2v) is 5.09. The minimum atomic E-state index is -0.846. The maximum atomic E-state index is 11.1. The van der Waals surface area contributed by atoms with Crippen LogP contribution in [0, 0.1) is 0 Å². The molecular formula is C12H15NO2S. The van der Waals surface area contributed by atoms with Crippen LogP contribution in [0.25, 0.3) is 0 Å². The number of hydrogen-bond acceptors (Lipinski definition) is 3. The molecule has 1 aromatic rings. The van der Waals surface area contributed by atoms with E-state index in [0.717, 1.165) is 23.7 Å². The molecule has 0 spiro atoms. The molecular weight excluding hydrogens is 222 g/mol. The smallest absolute Gasteiger partial charge is 0.337 e. The quantitative estimate of drug-likeness (QED) is 0.857. The molecule has 2 rings (SSSR count). The van der Waals surface area contributed by atoms with Gasteiger partial charge in [0.25, 0.3) is 0 Å². The fourth-order valence-electron chi connectivity index (χ4n) is 1.99. The van der Waals surface area contributed by atoms with Crippen LogP contribution in [0.15, 0.2) is 24.3 Å². The maximum absolute atomic E-state index is 11.1. The Bertz CT molecular complexity index is 394. The van der Waals surface area contributed by atoms with Crippen LogP contribution in [0.2, 0.25) is 0 Å². The van der Waals surface area contributed by atoms with Gasteiger partial charge in [-0.05, 0) is 19.1 Å². The summed E-state index contributed by atoms with van der Waals surface area (Å²) in [5.41, 5.74) is 1.25. The topological polar surface area (TPSA) is 40.5 Å². The van der Waals surface area contributed by atoms with Gasteiger partial charge in [-0.3, -0.25) is 0 Å². The van der Waals surface area contributed by atoms with Gasteiger partial charge < -0.3 is 10.0 Å². The molecule has 0 saturated carbocycles. The Kier molecular flexibility index (Phi) is 3.39. The number of carboxylic acid groups (broad SMARTS) is 1. The molecule has 1 fully saturated rings. The van der Waals surface area contributed by atoms with Crippen LogP contribution in [-0.4, -0.2) is 35.2 Å². The van der Waals surface area contributed by atoms with Crippen molar-refractivity contribution >= 4 is 23.4 Å². The summed E-state index contributed by atoms with van der Waals surface area (Å²) < 4.78 is 0. The molecule has 1 unspecified atom stereocenters. The Morgan fingerprint density at radius 2 is 2.25 bits per heavy atom. The van der Waals surface area contributed by atoms with Crippen LogP contribution < -0.4 is 4.90 Å². The number of carboxylic acids is 1. The van der Waals surface area contributed by atoms with Crippen molar-refractivity contribution in [2.24, 2.45) is 0 Å². The van der Waals surface area contributed by atoms with E-state index in [2.05, 4.69) is 11.8 Å². The maximum Gasteiger partial charge on any atom is 0.337 e. The lowest BCUT2D eigenvalue weighted by Gasteiger charge is -2.35. The second-order valence-electron chi connectivity index (χ2n) is 3.94. The highest BCUT2D eigenvalue weighted by molar-refractivity contribution is 7.99. The first-order chi connectivity index (χ1) is 7.70. The van der Waals surface area contributed by atoms with Crippen LogP contribution >= 0.6 is 11.8 Å². The molecule has 0 aliphatic carbocycles. The lowest BCUT2D eigenvalue weighted by molar-refractivity contribution is 0.0697. The molecule has 1 heterocycles. The molecule has 1 N–H and O–H groups in total. The third-order valence-electron chi connectivity index (χ3n) is 2.81. The molecule has 4 heteroatoms. The fourth-order valence-corrected chi connectivity index (χ4v) is 3.00. The summed E-state index contributed by atoms with van der Waals surface area (Å²) in [6.45, 7) is 3.07. The molecule has 0 amide bonds. The largest absolute Gasteiger partial charge is 0.478 e. The Labute approximate surface area is 99.5 Å². The van der Waals surface area contributed by atoms with E-state index in [1.54, 1.807) is 12.1 Å². The Morgan fingerprint density at radius 1 is 1.50 bits per heavy atom. The van der Waals surface area contributed by atoms with Gasteiger partial charge in [-0.2, -0.15) is 11.8 Å². The zero-order valence-electron chi connectivity index (χ0n) is 9.22. The minimum absolute atomic E-state index is 0.402. The van der Waals surface area contributed by atoms with Crippen molar-refractivity contribution in [1.29, 1.82) is 0 Å². The van der Waals surface area contributed by atoms with E-state index in [1.165, 1.54) is 0 Å². The molecule has 0 radical (unpaired) electrons. The number of nitrogens with zero attached hydrogens (tertiary/aromatic N) is 1. The summed E-state index contributed by atoms with van der Waals surface area (Å²) in [5.74, 6) is 1.28. The predicted octanol–water partition coefficient (Wildman–Crippen LogP) is 2.33. The number of thioether (sulfide) groups is 1. The first-order valence-electron chi connectivity index (χ1n) is 5.37. The summed E-state index contributed by atoms with van der Waals surface area (Å²) >= 11 is 1.93. The van der Waals surface area contributed by atoms with Crippen molar-refractivity contribution in [3.63, 3.8) is 0 Å². The molecule has 1 aromatic carbocycles. The van der Waals surface area contributed by atoms with Gasteiger partial charge in [0.1, 0.15) is 0 Å². The van der Waals surface area contributed by atoms with E-state index < -0.39 is 5.97 Å². The van der Waals surface area contributed by atoms with Gasteiger partial charge in [0.2, 0.25) is 0 Å². The lowest BCUT2D eigenvalue weighted by atomic mass is 10.1. The molecule has 16 heavy (non-hydrogen) atoms. The Hall–Kier alpha value is -1.16. The molecule has 86 valence electrons. The van der Waals surface area contributed by atoms with Gasteiger partial charge >= 0.3 is 5.97 Å². The number of aromatic carboxylic acids is 1. The van der Waals surface area contributed by atoms with Crippen molar-refractivity contribution < 1.29 is 9.90 Å². The van der Waals surface area contributed by atoms with Crippen molar-refractivity contribution in [1.82, 2.24) is 0 Å². The summed E-state index contributed by atoms with van der Waals surface area (Å²) in [7, 11) is 0. The standard InChI is InChI=1S/C12H15NO2S/c1-9-8-16-7-6-13(9)11-5-3-2-4-10(11)12(14)15/h2-5,9H,6-8H2,1H3,(H,14,15). The summed E-state index contributed by atoms with van der Waals surface area (Å²) in [5, 5.41) is 9.15. The van der Waals surface area contributed by atoms with Crippen LogP contribution in [0.1, 0.15) is 17.3 Å². The highest BCUT2D eigenvalue weighted by Gasteiger charge is 2.22. The molecule has 1 saturated heterocycles. The zero-order valence-corrected chi connectivity index (χ0v) is 10.0. The second kappa shape index (κ2) is 4.78. The number of anilines is 1. The van der Waals surface area contributed by atoms with Crippen LogP contribution in [0.5, 0.6) is 0 Å². The van der Waals surface area contributed by atoms with Crippen molar-refractivity contribution in [3.8, 4) is 0 Å². The number of hydrogen-bond donors (Lipinski definition) is 1. The van der Waals surface area contributed by atoms with Gasteiger partial charge in [0.05, 0.1) is 11.3 Å². The highest BCUT2D eigenvalue weighted by atomic mass is 32.2. The van der Waals surface area contributed by atoms with E-state index in [9.17, 15) is 4.79 Å². The van der Waals surface area contributed by atoms with Crippen LogP contribution in [0.3, 0.4) is 0 Å². The van der Waals surface area contributed by atoms with Crippen molar-refractivity contribution in [2.45, 2.75) is 13.0 Å². The predicted molar refractivity (Wildman–Crippen MR) is 67.5 cm³/mol. The number of benzene rings is 1. The van der Waals surface area contributed by atoms with Gasteiger partial charge in [0, 0.05) is 24.1 Å². The molecule has 3 nitrogen and oxygen atoms in total. The zero-order chi connectivity index (χ0) is 11.5. The summed E-state index contributed by atoms with van der Waals surface area (Å²) in [6.07, 6.45) is 0. The van der Waals surface area contributed by atoms with Gasteiger partial charge in [-0.15, -0.1) is 0 Å². The summed E-state index contributed by atoms with van der Waals surface area (Å²) in [4.78, 5) is 13.3. The fraction of sp³-hybridized carbons (Fsp3) is 0.417. The van der Waals surface area contributed by atoms with Gasteiger partial charge in [0.15, 0.2) is 0 Å². The number of carbonyl (C=O) groups is 1. The third-order valence-corrected chi connectivity index (χ3v) is 4.00. The molecule has 0 aromatic heterocycles. The van der Waals surface area contributed by atoms with E-state index in [4.69, 9.17) is 5.11 Å². The Morgan fingerprint density at radius 3 is 2.94 bits per heavy atom. The van der Waals surface area contributed by atoms with Crippen molar-refractivity contribution in [3.05, 3.63) is 29.8 Å². The normalized spacial score (nSPS) is 20.8. The van der Waals surface area contributed by atoms with Gasteiger partial charge in [-0.1, -0.05) is 12.1 Å². The third kappa shape index (κ3) is 2.16. The van der Waals surface area contributed by atoms with Crippen molar-refractivity contribution in [2.75, 3.05) is 23.0 Å². The monoisotopic (exact) mass is 237 g/mol. The number of rotatable bonds is 2. The molecule has 0 bridgehead atoms. The lowest BCUT2D eigenvalue weighted by Crippen LogP contribution is -2.41. The van der Waals surface area contributed by atoms with Crippen LogP contribution in [0.4, 0.5) is 5.69 Å². The molecule has 1 aliphatic heterocycles. The SMILES string of the molecule is CC1CSCCN1c1ccccc1C(=O)O.